The number of carboxylic acid groups (broad SMARTS) is 1. The van der Waals surface area contributed by atoms with E-state index in [9.17, 15) is 27.9 Å². The first-order chi connectivity index (χ1) is 11.7. The maximum absolute atomic E-state index is 12.8. The number of carbonyl (C=O) groups is 2. The van der Waals surface area contributed by atoms with Gasteiger partial charge in [-0.1, -0.05) is 18.2 Å². The Morgan fingerprint density at radius 2 is 2.12 bits per heavy atom. The van der Waals surface area contributed by atoms with E-state index in [1.807, 2.05) is 0 Å². The summed E-state index contributed by atoms with van der Waals surface area (Å²) in [7, 11) is 0. The molecule has 0 radical (unpaired) electrons. The number of aliphatic carboxylic acids is 1. The molecular weight excluding hydrogens is 339 g/mol. The lowest BCUT2D eigenvalue weighted by atomic mass is 9.74. The van der Waals surface area contributed by atoms with E-state index in [0.717, 1.165) is 12.1 Å². The molecule has 0 bridgehead atoms. The minimum atomic E-state index is -4.47. The molecule has 3 rings (SSSR count). The van der Waals surface area contributed by atoms with Gasteiger partial charge >= 0.3 is 12.1 Å². The molecule has 1 amide bonds. The summed E-state index contributed by atoms with van der Waals surface area (Å²) in [5.41, 5.74) is -1.56. The molecule has 5 nitrogen and oxygen atoms in total. The molecule has 25 heavy (non-hydrogen) atoms. The van der Waals surface area contributed by atoms with E-state index in [4.69, 9.17) is 4.74 Å². The first kappa shape index (κ1) is 17.7. The zero-order chi connectivity index (χ0) is 18.2. The Hall–Kier alpha value is -2.09. The van der Waals surface area contributed by atoms with E-state index in [1.165, 1.54) is 17.0 Å². The van der Waals surface area contributed by atoms with Crippen LogP contribution in [-0.2, 0) is 26.9 Å². The third kappa shape index (κ3) is 3.35. The van der Waals surface area contributed by atoms with Gasteiger partial charge in [0.05, 0.1) is 24.0 Å². The van der Waals surface area contributed by atoms with Gasteiger partial charge in [0, 0.05) is 25.6 Å². The molecule has 2 fully saturated rings. The average Bonchev–Trinajstić information content (AvgIpc) is 2.95. The van der Waals surface area contributed by atoms with Crippen molar-refractivity contribution in [3.05, 3.63) is 35.4 Å². The number of ether oxygens (including phenoxy) is 1. The van der Waals surface area contributed by atoms with Crippen molar-refractivity contribution in [1.82, 2.24) is 4.90 Å². The Morgan fingerprint density at radius 3 is 2.76 bits per heavy atom. The van der Waals surface area contributed by atoms with Crippen LogP contribution < -0.4 is 0 Å². The van der Waals surface area contributed by atoms with Crippen LogP contribution in [0.2, 0.25) is 0 Å². The maximum Gasteiger partial charge on any atom is 0.416 e. The van der Waals surface area contributed by atoms with E-state index in [2.05, 4.69) is 0 Å². The number of amides is 1. The van der Waals surface area contributed by atoms with Gasteiger partial charge in [-0.15, -0.1) is 0 Å². The second-order valence-electron chi connectivity index (χ2n) is 6.63. The number of carboxylic acids is 1. The molecule has 2 aliphatic rings. The maximum atomic E-state index is 12.8. The van der Waals surface area contributed by atoms with Crippen LogP contribution in [0.4, 0.5) is 13.2 Å². The quantitative estimate of drug-likeness (QED) is 0.901. The Bertz CT molecular complexity index is 691. The number of alkyl halides is 3. The summed E-state index contributed by atoms with van der Waals surface area (Å²) in [6.07, 6.45) is -4.32. The van der Waals surface area contributed by atoms with Crippen LogP contribution >= 0.6 is 0 Å². The predicted molar refractivity (Wildman–Crippen MR) is 80.7 cm³/mol. The van der Waals surface area contributed by atoms with Crippen LogP contribution in [0.15, 0.2) is 24.3 Å². The number of halogens is 3. The highest BCUT2D eigenvalue weighted by Gasteiger charge is 2.54. The second kappa shape index (κ2) is 6.33. The summed E-state index contributed by atoms with van der Waals surface area (Å²) in [5.74, 6) is -1.60. The Morgan fingerprint density at radius 1 is 1.36 bits per heavy atom. The molecule has 0 unspecified atom stereocenters. The number of benzene rings is 1. The normalized spacial score (nSPS) is 26.4. The van der Waals surface area contributed by atoms with Crippen LogP contribution in [0, 0.1) is 11.3 Å². The van der Waals surface area contributed by atoms with Crippen LogP contribution in [-0.4, -0.2) is 48.2 Å². The highest BCUT2D eigenvalue weighted by Crippen LogP contribution is 2.42. The van der Waals surface area contributed by atoms with Gasteiger partial charge < -0.3 is 14.7 Å². The van der Waals surface area contributed by atoms with Crippen molar-refractivity contribution in [3.63, 3.8) is 0 Å². The molecule has 136 valence electrons. The third-order valence-corrected chi connectivity index (χ3v) is 5.10. The van der Waals surface area contributed by atoms with E-state index >= 15 is 0 Å². The number of rotatable bonds is 3. The number of hydrogen-bond acceptors (Lipinski definition) is 3. The second-order valence-corrected chi connectivity index (χ2v) is 6.63. The van der Waals surface area contributed by atoms with Gasteiger partial charge in [0.2, 0.25) is 5.91 Å². The summed E-state index contributed by atoms with van der Waals surface area (Å²) < 4.78 is 43.6. The first-order valence-corrected chi connectivity index (χ1v) is 7.97. The van der Waals surface area contributed by atoms with Gasteiger partial charge in [-0.2, -0.15) is 13.2 Å². The lowest BCUT2D eigenvalue weighted by Gasteiger charge is -2.33. The molecule has 2 saturated heterocycles. The largest absolute Gasteiger partial charge is 0.481 e. The molecule has 2 atom stereocenters. The number of carbonyl (C=O) groups excluding carboxylic acids is 1. The van der Waals surface area contributed by atoms with Crippen LogP contribution in [0.1, 0.15) is 17.5 Å². The summed E-state index contributed by atoms with van der Waals surface area (Å²) in [6, 6.07) is 4.64. The summed E-state index contributed by atoms with van der Waals surface area (Å²) in [5, 5.41) is 9.60. The molecule has 0 aromatic heterocycles. The standard InChI is InChI=1S/C17H18F3NO4/c18-17(19,20)12-3-1-2-11(6-12)7-14(22)21-8-13-9-25-5-4-16(13,10-21)15(23)24/h1-3,6,13H,4-5,7-10H2,(H,23,24)/t13-,16+/m1/s1. The lowest BCUT2D eigenvalue weighted by Crippen LogP contribution is -2.45. The van der Waals surface area contributed by atoms with Crippen molar-refractivity contribution in [3.8, 4) is 0 Å². The number of nitrogens with zero attached hydrogens (tertiary/aromatic N) is 1. The fourth-order valence-electron chi connectivity index (χ4n) is 3.63. The van der Waals surface area contributed by atoms with Crippen molar-refractivity contribution < 1.29 is 32.6 Å². The predicted octanol–water partition coefficient (Wildman–Crippen LogP) is 2.20. The molecular formula is C17H18F3NO4. The molecule has 0 aliphatic carbocycles. The van der Waals surface area contributed by atoms with Gasteiger partial charge in [-0.25, -0.2) is 0 Å². The van der Waals surface area contributed by atoms with Crippen LogP contribution in [0.5, 0.6) is 0 Å². The minimum absolute atomic E-state index is 0.0775. The van der Waals surface area contributed by atoms with E-state index in [0.29, 0.717) is 13.0 Å². The lowest BCUT2D eigenvalue weighted by molar-refractivity contribution is -0.157. The molecule has 0 spiro atoms. The van der Waals surface area contributed by atoms with Crippen LogP contribution in [0.25, 0.3) is 0 Å². The van der Waals surface area contributed by atoms with E-state index < -0.39 is 23.1 Å². The molecule has 2 aliphatic heterocycles. The zero-order valence-electron chi connectivity index (χ0n) is 13.4. The van der Waals surface area contributed by atoms with Gasteiger partial charge in [0.15, 0.2) is 0 Å². The summed E-state index contributed by atoms with van der Waals surface area (Å²) in [6.45, 7) is 0.941. The highest BCUT2D eigenvalue weighted by molar-refractivity contribution is 5.82. The highest BCUT2D eigenvalue weighted by atomic mass is 19.4. The van der Waals surface area contributed by atoms with Crippen molar-refractivity contribution in [1.29, 1.82) is 0 Å². The van der Waals surface area contributed by atoms with Crippen molar-refractivity contribution in [2.45, 2.75) is 19.0 Å². The van der Waals surface area contributed by atoms with Crippen molar-refractivity contribution in [2.24, 2.45) is 11.3 Å². The van der Waals surface area contributed by atoms with Gasteiger partial charge in [0.1, 0.15) is 0 Å². The Balaban J connectivity index is 1.73. The summed E-state index contributed by atoms with van der Waals surface area (Å²) in [4.78, 5) is 25.7. The minimum Gasteiger partial charge on any atom is -0.481 e. The van der Waals surface area contributed by atoms with Gasteiger partial charge in [-0.3, -0.25) is 9.59 Å². The molecule has 0 saturated carbocycles. The molecule has 2 heterocycles. The molecule has 1 aromatic rings. The molecule has 1 aromatic carbocycles. The summed E-state index contributed by atoms with van der Waals surface area (Å²) >= 11 is 0. The van der Waals surface area contributed by atoms with Gasteiger partial charge in [-0.05, 0) is 18.1 Å². The number of hydrogen-bond donors (Lipinski definition) is 1. The number of likely N-dealkylation sites (tertiary alicyclic amines) is 1. The van der Waals surface area contributed by atoms with Crippen LogP contribution in [0.3, 0.4) is 0 Å². The third-order valence-electron chi connectivity index (χ3n) is 5.10. The first-order valence-electron chi connectivity index (χ1n) is 7.97. The molecule has 1 N–H and O–H groups in total. The van der Waals surface area contributed by atoms with Crippen molar-refractivity contribution in [2.75, 3.05) is 26.3 Å². The van der Waals surface area contributed by atoms with Crippen molar-refractivity contribution >= 4 is 11.9 Å². The SMILES string of the molecule is O=C(Cc1cccc(C(F)(F)F)c1)N1C[C@@H]2COCC[C@]2(C(=O)O)C1. The fourth-order valence-corrected chi connectivity index (χ4v) is 3.63. The smallest absolute Gasteiger partial charge is 0.416 e. The van der Waals surface area contributed by atoms with E-state index in [1.54, 1.807) is 0 Å². The fraction of sp³-hybridized carbons (Fsp3) is 0.529. The Kier molecular flexibility index (Phi) is 4.49. The monoisotopic (exact) mass is 357 g/mol. The van der Waals surface area contributed by atoms with E-state index in [-0.39, 0.29) is 43.5 Å². The average molecular weight is 357 g/mol. The number of fused-ring (bicyclic) bond motifs is 1. The topological polar surface area (TPSA) is 66.8 Å². The van der Waals surface area contributed by atoms with Gasteiger partial charge in [0.25, 0.3) is 0 Å². The zero-order valence-corrected chi connectivity index (χ0v) is 13.4. The Labute approximate surface area is 142 Å². The molecule has 8 heteroatoms.